The Labute approximate surface area is 131 Å². The smallest absolute Gasteiger partial charge is 0.274 e. The number of H-pyrrole nitrogens is 1. The standard InChI is InChI=1S/C18H23N3O/c1-3-13(2)14-6-8-15(9-7-14)17-16(12-19-20-18(17)22)21-10-4-5-11-21/h6-9,12-13H,3-5,10-11H2,1-2H3,(H,20,22). The lowest BCUT2D eigenvalue weighted by molar-refractivity contribution is 0.734. The average Bonchev–Trinajstić information content (AvgIpc) is 3.08. The van der Waals surface area contributed by atoms with Gasteiger partial charge in [-0.1, -0.05) is 38.1 Å². The molecular formula is C18H23N3O. The second kappa shape index (κ2) is 6.34. The molecule has 4 nitrogen and oxygen atoms in total. The molecule has 1 N–H and O–H groups in total. The van der Waals surface area contributed by atoms with Gasteiger partial charge in [-0.05, 0) is 36.3 Å². The number of rotatable bonds is 4. The molecule has 0 bridgehead atoms. The van der Waals surface area contributed by atoms with E-state index in [0.717, 1.165) is 36.3 Å². The fourth-order valence-electron chi connectivity index (χ4n) is 3.08. The van der Waals surface area contributed by atoms with Crippen LogP contribution in [0.25, 0.3) is 11.1 Å². The monoisotopic (exact) mass is 297 g/mol. The van der Waals surface area contributed by atoms with E-state index in [1.807, 2.05) is 0 Å². The Bertz CT molecular complexity index is 684. The number of aromatic amines is 1. The lowest BCUT2D eigenvalue weighted by Gasteiger charge is -2.20. The van der Waals surface area contributed by atoms with Crippen molar-refractivity contribution in [3.05, 3.63) is 46.4 Å². The van der Waals surface area contributed by atoms with Gasteiger partial charge in [-0.15, -0.1) is 0 Å². The van der Waals surface area contributed by atoms with Crippen LogP contribution in [0.3, 0.4) is 0 Å². The van der Waals surface area contributed by atoms with Crippen molar-refractivity contribution in [2.45, 2.75) is 39.0 Å². The van der Waals surface area contributed by atoms with Crippen LogP contribution in [-0.2, 0) is 0 Å². The minimum absolute atomic E-state index is 0.110. The Balaban J connectivity index is 2.02. The van der Waals surface area contributed by atoms with Gasteiger partial charge in [0, 0.05) is 13.1 Å². The Morgan fingerprint density at radius 3 is 2.55 bits per heavy atom. The normalized spacial score (nSPS) is 16.0. The van der Waals surface area contributed by atoms with E-state index in [1.165, 1.54) is 18.4 Å². The van der Waals surface area contributed by atoms with Gasteiger partial charge in [-0.3, -0.25) is 4.79 Å². The van der Waals surface area contributed by atoms with E-state index in [0.29, 0.717) is 5.92 Å². The van der Waals surface area contributed by atoms with E-state index in [2.05, 4.69) is 53.2 Å². The molecule has 1 atom stereocenters. The van der Waals surface area contributed by atoms with Gasteiger partial charge in [0.2, 0.25) is 0 Å². The molecule has 0 spiro atoms. The molecule has 116 valence electrons. The molecular weight excluding hydrogens is 274 g/mol. The summed E-state index contributed by atoms with van der Waals surface area (Å²) in [5.74, 6) is 0.544. The number of aromatic nitrogens is 2. The Kier molecular flexibility index (Phi) is 4.27. The molecule has 0 aliphatic carbocycles. The molecule has 2 heterocycles. The van der Waals surface area contributed by atoms with Crippen LogP contribution >= 0.6 is 0 Å². The van der Waals surface area contributed by atoms with Gasteiger partial charge in [-0.25, -0.2) is 5.10 Å². The minimum atomic E-state index is -0.110. The molecule has 1 aliphatic rings. The second-order valence-electron chi connectivity index (χ2n) is 6.08. The first-order chi connectivity index (χ1) is 10.7. The highest BCUT2D eigenvalue weighted by atomic mass is 16.1. The molecule has 1 aromatic heterocycles. The maximum Gasteiger partial charge on any atom is 0.274 e. The molecule has 0 radical (unpaired) electrons. The largest absolute Gasteiger partial charge is 0.370 e. The van der Waals surface area contributed by atoms with E-state index < -0.39 is 0 Å². The van der Waals surface area contributed by atoms with Gasteiger partial charge in [0.15, 0.2) is 0 Å². The summed E-state index contributed by atoms with van der Waals surface area (Å²) in [7, 11) is 0. The number of nitrogens with zero attached hydrogens (tertiary/aromatic N) is 2. The molecule has 1 aromatic carbocycles. The zero-order valence-electron chi connectivity index (χ0n) is 13.3. The van der Waals surface area contributed by atoms with Gasteiger partial charge >= 0.3 is 0 Å². The van der Waals surface area contributed by atoms with Crippen molar-refractivity contribution in [2.24, 2.45) is 0 Å². The summed E-state index contributed by atoms with van der Waals surface area (Å²) >= 11 is 0. The summed E-state index contributed by atoms with van der Waals surface area (Å²) in [5, 5.41) is 6.57. The summed E-state index contributed by atoms with van der Waals surface area (Å²) in [6, 6.07) is 8.39. The third-order valence-corrected chi connectivity index (χ3v) is 4.66. The maximum absolute atomic E-state index is 12.3. The van der Waals surface area contributed by atoms with E-state index >= 15 is 0 Å². The first-order valence-corrected chi connectivity index (χ1v) is 8.13. The SMILES string of the molecule is CCC(C)c1ccc(-c2c(N3CCCC3)cn[nH]c2=O)cc1. The molecule has 1 fully saturated rings. The molecule has 4 heteroatoms. The zero-order valence-corrected chi connectivity index (χ0v) is 13.3. The second-order valence-corrected chi connectivity index (χ2v) is 6.08. The summed E-state index contributed by atoms with van der Waals surface area (Å²) in [6.45, 7) is 6.42. The molecule has 1 saturated heterocycles. The predicted octanol–water partition coefficient (Wildman–Crippen LogP) is 3.55. The lowest BCUT2D eigenvalue weighted by Crippen LogP contribution is -2.23. The van der Waals surface area contributed by atoms with Crippen LogP contribution in [0, 0.1) is 0 Å². The summed E-state index contributed by atoms with van der Waals surface area (Å²) in [5.41, 5.74) is 3.88. The van der Waals surface area contributed by atoms with Crippen molar-refractivity contribution in [1.29, 1.82) is 0 Å². The van der Waals surface area contributed by atoms with Crippen LogP contribution in [-0.4, -0.2) is 23.3 Å². The Morgan fingerprint density at radius 1 is 1.23 bits per heavy atom. The highest BCUT2D eigenvalue weighted by Crippen LogP contribution is 2.30. The number of nitrogens with one attached hydrogen (secondary N) is 1. The topological polar surface area (TPSA) is 49.0 Å². The maximum atomic E-state index is 12.3. The van der Waals surface area contributed by atoms with Crippen molar-refractivity contribution in [2.75, 3.05) is 18.0 Å². The first kappa shape index (κ1) is 14.8. The summed E-state index contributed by atoms with van der Waals surface area (Å²) in [4.78, 5) is 14.6. The fraction of sp³-hybridized carbons (Fsp3) is 0.444. The molecule has 3 rings (SSSR count). The molecule has 22 heavy (non-hydrogen) atoms. The van der Waals surface area contributed by atoms with Crippen molar-refractivity contribution < 1.29 is 0 Å². The first-order valence-electron chi connectivity index (χ1n) is 8.13. The van der Waals surface area contributed by atoms with E-state index in [9.17, 15) is 4.79 Å². The highest BCUT2D eigenvalue weighted by Gasteiger charge is 2.19. The van der Waals surface area contributed by atoms with Gasteiger partial charge < -0.3 is 4.90 Å². The van der Waals surface area contributed by atoms with E-state index in [-0.39, 0.29) is 5.56 Å². The van der Waals surface area contributed by atoms with Crippen LogP contribution in [0.4, 0.5) is 5.69 Å². The van der Waals surface area contributed by atoms with Crippen LogP contribution < -0.4 is 10.5 Å². The number of anilines is 1. The van der Waals surface area contributed by atoms with Crippen LogP contribution in [0.2, 0.25) is 0 Å². The van der Waals surface area contributed by atoms with E-state index in [1.54, 1.807) is 6.20 Å². The van der Waals surface area contributed by atoms with Crippen LogP contribution in [0.5, 0.6) is 0 Å². The molecule has 1 unspecified atom stereocenters. The number of hydrogen-bond acceptors (Lipinski definition) is 3. The molecule has 2 aromatic rings. The molecule has 0 amide bonds. The van der Waals surface area contributed by atoms with Crippen LogP contribution in [0.1, 0.15) is 44.6 Å². The minimum Gasteiger partial charge on any atom is -0.370 e. The highest BCUT2D eigenvalue weighted by molar-refractivity contribution is 5.77. The van der Waals surface area contributed by atoms with Gasteiger partial charge in [0.1, 0.15) is 0 Å². The fourth-order valence-corrected chi connectivity index (χ4v) is 3.08. The van der Waals surface area contributed by atoms with Gasteiger partial charge in [-0.2, -0.15) is 5.10 Å². The zero-order chi connectivity index (χ0) is 15.5. The summed E-state index contributed by atoms with van der Waals surface area (Å²) in [6.07, 6.45) is 5.26. The third kappa shape index (κ3) is 2.78. The Hall–Kier alpha value is -2.10. The third-order valence-electron chi connectivity index (χ3n) is 4.66. The number of hydrogen-bond donors (Lipinski definition) is 1. The Morgan fingerprint density at radius 2 is 1.91 bits per heavy atom. The predicted molar refractivity (Wildman–Crippen MR) is 90.4 cm³/mol. The van der Waals surface area contributed by atoms with Gasteiger partial charge in [0.05, 0.1) is 17.4 Å². The van der Waals surface area contributed by atoms with Crippen molar-refractivity contribution in [1.82, 2.24) is 10.2 Å². The lowest BCUT2D eigenvalue weighted by atomic mass is 9.96. The quantitative estimate of drug-likeness (QED) is 0.939. The van der Waals surface area contributed by atoms with E-state index in [4.69, 9.17) is 0 Å². The van der Waals surface area contributed by atoms with Crippen molar-refractivity contribution >= 4 is 5.69 Å². The van der Waals surface area contributed by atoms with Crippen molar-refractivity contribution in [3.63, 3.8) is 0 Å². The van der Waals surface area contributed by atoms with Gasteiger partial charge in [0.25, 0.3) is 5.56 Å². The average molecular weight is 297 g/mol. The molecule has 1 aliphatic heterocycles. The van der Waals surface area contributed by atoms with Crippen molar-refractivity contribution in [3.8, 4) is 11.1 Å². The molecule has 0 saturated carbocycles. The number of benzene rings is 1. The van der Waals surface area contributed by atoms with Crippen LogP contribution in [0.15, 0.2) is 35.3 Å². The summed E-state index contributed by atoms with van der Waals surface area (Å²) < 4.78 is 0.